The number of hydrazine groups is 1. The molecule has 4 rings (SSSR count). The molecule has 0 unspecified atom stereocenters. The molecule has 33 heavy (non-hydrogen) atoms. The Morgan fingerprint density at radius 3 is 2.42 bits per heavy atom. The number of hydrogen-bond donors (Lipinski definition) is 1. The van der Waals surface area contributed by atoms with Crippen molar-refractivity contribution in [1.82, 2.24) is 15.4 Å². The summed E-state index contributed by atoms with van der Waals surface area (Å²) in [5.74, 6) is 1.85. The maximum Gasteiger partial charge on any atom is 0.270 e. The van der Waals surface area contributed by atoms with Crippen molar-refractivity contribution >= 4 is 39.9 Å². The van der Waals surface area contributed by atoms with Crippen LogP contribution in [0.15, 0.2) is 79.1 Å². The van der Waals surface area contributed by atoms with Crippen molar-refractivity contribution in [2.75, 3.05) is 24.6 Å². The van der Waals surface area contributed by atoms with E-state index in [1.807, 2.05) is 54.6 Å². The van der Waals surface area contributed by atoms with Gasteiger partial charge in [0.25, 0.3) is 5.91 Å². The molecule has 0 fully saturated rings. The van der Waals surface area contributed by atoms with Gasteiger partial charge in [-0.1, -0.05) is 36.4 Å². The predicted molar refractivity (Wildman–Crippen MR) is 129 cm³/mol. The Labute approximate surface area is 196 Å². The van der Waals surface area contributed by atoms with Gasteiger partial charge in [0.1, 0.15) is 6.33 Å². The number of amides is 1. The number of fused-ring (bicyclic) bond motifs is 1. The van der Waals surface area contributed by atoms with Crippen LogP contribution < -0.4 is 19.9 Å². The summed E-state index contributed by atoms with van der Waals surface area (Å²) >= 11 is 5.76. The first-order chi connectivity index (χ1) is 16.2. The molecule has 0 aliphatic heterocycles. The average molecular weight is 463 g/mol. The molecule has 1 amide bonds. The molecule has 168 valence electrons. The highest BCUT2D eigenvalue weighted by molar-refractivity contribution is 6.17. The first-order valence-electron chi connectivity index (χ1n) is 10.4. The van der Waals surface area contributed by atoms with E-state index in [1.54, 1.807) is 30.3 Å². The van der Waals surface area contributed by atoms with Gasteiger partial charge < -0.3 is 9.47 Å². The lowest BCUT2D eigenvalue weighted by molar-refractivity contribution is 0.0953. The third-order valence-electron chi connectivity index (χ3n) is 4.91. The summed E-state index contributed by atoms with van der Waals surface area (Å²) in [6, 6.07) is 22.1. The molecule has 0 spiro atoms. The minimum atomic E-state index is -0.265. The van der Waals surface area contributed by atoms with E-state index in [1.165, 1.54) is 6.33 Å². The number of para-hydroxylation sites is 1. The fraction of sp³-hybridized carbons (Fsp3) is 0.160. The Morgan fingerprint density at radius 2 is 1.73 bits per heavy atom. The fourth-order valence-electron chi connectivity index (χ4n) is 3.31. The Balaban J connectivity index is 1.78. The van der Waals surface area contributed by atoms with Crippen LogP contribution in [-0.2, 0) is 0 Å². The zero-order valence-electron chi connectivity index (χ0n) is 18.1. The SMILES string of the molecule is COc1cc2c(N(NC(=O)c3ccccc3)c3ccccc3)ncnc2cc1OCCCCl. The van der Waals surface area contributed by atoms with Crippen LogP contribution in [0.5, 0.6) is 11.5 Å². The highest BCUT2D eigenvalue weighted by Gasteiger charge is 2.20. The first kappa shape index (κ1) is 22.4. The van der Waals surface area contributed by atoms with Crippen LogP contribution in [0.1, 0.15) is 16.8 Å². The van der Waals surface area contributed by atoms with Gasteiger partial charge in [-0.15, -0.1) is 11.6 Å². The van der Waals surface area contributed by atoms with Gasteiger partial charge in [0.05, 0.1) is 24.9 Å². The van der Waals surface area contributed by atoms with Crippen molar-refractivity contribution in [3.63, 3.8) is 0 Å². The van der Waals surface area contributed by atoms with Crippen LogP contribution in [0.25, 0.3) is 10.9 Å². The van der Waals surface area contributed by atoms with Crippen LogP contribution in [-0.4, -0.2) is 35.5 Å². The summed E-state index contributed by atoms with van der Waals surface area (Å²) in [6.07, 6.45) is 2.17. The average Bonchev–Trinajstić information content (AvgIpc) is 2.87. The summed E-state index contributed by atoms with van der Waals surface area (Å²) in [5, 5.41) is 2.34. The van der Waals surface area contributed by atoms with Gasteiger partial charge in [-0.3, -0.25) is 10.2 Å². The summed E-state index contributed by atoms with van der Waals surface area (Å²) in [5.41, 5.74) is 4.89. The van der Waals surface area contributed by atoms with E-state index in [0.29, 0.717) is 52.7 Å². The minimum Gasteiger partial charge on any atom is -0.493 e. The van der Waals surface area contributed by atoms with Crippen LogP contribution >= 0.6 is 11.6 Å². The number of rotatable bonds is 9. The van der Waals surface area contributed by atoms with Crippen molar-refractivity contribution in [2.24, 2.45) is 0 Å². The molecule has 0 aliphatic carbocycles. The van der Waals surface area contributed by atoms with Gasteiger partial charge >= 0.3 is 0 Å². The second-order valence-corrected chi connectivity index (χ2v) is 7.46. The number of halogens is 1. The molecule has 1 heterocycles. The van der Waals surface area contributed by atoms with Gasteiger partial charge in [0, 0.05) is 22.9 Å². The van der Waals surface area contributed by atoms with Crippen LogP contribution in [0, 0.1) is 0 Å². The van der Waals surface area contributed by atoms with E-state index in [2.05, 4.69) is 15.4 Å². The highest BCUT2D eigenvalue weighted by atomic mass is 35.5. The number of ether oxygens (including phenoxy) is 2. The minimum absolute atomic E-state index is 0.265. The van der Waals surface area contributed by atoms with E-state index in [4.69, 9.17) is 21.1 Å². The second-order valence-electron chi connectivity index (χ2n) is 7.09. The van der Waals surface area contributed by atoms with E-state index in [9.17, 15) is 4.79 Å². The lowest BCUT2D eigenvalue weighted by Crippen LogP contribution is -2.39. The molecule has 0 bridgehead atoms. The molecular weight excluding hydrogens is 440 g/mol. The highest BCUT2D eigenvalue weighted by Crippen LogP contribution is 2.36. The first-order valence-corrected chi connectivity index (χ1v) is 11.0. The predicted octanol–water partition coefficient (Wildman–Crippen LogP) is 5.13. The number of alkyl halides is 1. The summed E-state index contributed by atoms with van der Waals surface area (Å²) < 4.78 is 11.4. The summed E-state index contributed by atoms with van der Waals surface area (Å²) in [4.78, 5) is 21.9. The summed E-state index contributed by atoms with van der Waals surface area (Å²) in [6.45, 7) is 0.465. The molecule has 7 nitrogen and oxygen atoms in total. The van der Waals surface area contributed by atoms with Gasteiger partial charge in [-0.05, 0) is 36.8 Å². The molecule has 1 N–H and O–H groups in total. The quantitative estimate of drug-likeness (QED) is 0.211. The second kappa shape index (κ2) is 10.7. The van der Waals surface area contributed by atoms with Crippen LogP contribution in [0.4, 0.5) is 11.5 Å². The Kier molecular flexibility index (Phi) is 7.22. The van der Waals surface area contributed by atoms with E-state index in [0.717, 1.165) is 5.69 Å². The Hall–Kier alpha value is -3.84. The number of benzene rings is 3. The fourth-order valence-corrected chi connectivity index (χ4v) is 3.42. The Bertz CT molecular complexity index is 1220. The smallest absolute Gasteiger partial charge is 0.270 e. The molecule has 0 saturated carbocycles. The number of aromatic nitrogens is 2. The molecule has 0 saturated heterocycles. The third kappa shape index (κ3) is 5.15. The molecule has 1 aromatic heterocycles. The number of nitrogens with zero attached hydrogens (tertiary/aromatic N) is 3. The van der Waals surface area contributed by atoms with Crippen LogP contribution in [0.2, 0.25) is 0 Å². The van der Waals surface area contributed by atoms with Crippen LogP contribution in [0.3, 0.4) is 0 Å². The molecule has 0 aliphatic rings. The van der Waals surface area contributed by atoms with Crippen molar-refractivity contribution in [3.8, 4) is 11.5 Å². The van der Waals surface area contributed by atoms with Gasteiger partial charge in [-0.25, -0.2) is 15.0 Å². The number of anilines is 2. The number of carbonyl (C=O) groups is 1. The largest absolute Gasteiger partial charge is 0.493 e. The molecular formula is C25H23ClN4O3. The zero-order valence-corrected chi connectivity index (χ0v) is 18.8. The molecule has 0 atom stereocenters. The van der Waals surface area contributed by atoms with Gasteiger partial charge in [-0.2, -0.15) is 0 Å². The topological polar surface area (TPSA) is 76.6 Å². The van der Waals surface area contributed by atoms with Crippen molar-refractivity contribution in [1.29, 1.82) is 0 Å². The zero-order chi connectivity index (χ0) is 23.0. The lowest BCUT2D eigenvalue weighted by atomic mass is 10.2. The summed E-state index contributed by atoms with van der Waals surface area (Å²) in [7, 11) is 1.57. The van der Waals surface area contributed by atoms with Crippen molar-refractivity contribution < 1.29 is 14.3 Å². The number of nitrogens with one attached hydrogen (secondary N) is 1. The number of carbonyl (C=O) groups excluding carboxylic acids is 1. The molecule has 0 radical (unpaired) electrons. The molecule has 8 heteroatoms. The lowest BCUT2D eigenvalue weighted by Gasteiger charge is -2.25. The number of hydrogen-bond acceptors (Lipinski definition) is 6. The van der Waals surface area contributed by atoms with E-state index in [-0.39, 0.29) is 5.91 Å². The normalized spacial score (nSPS) is 10.6. The number of methoxy groups -OCH3 is 1. The molecule has 4 aromatic rings. The standard InChI is InChI=1S/C25H23ClN4O3/c1-32-22-15-20-21(16-23(22)33-14-8-13-26)27-17-28-24(20)30(19-11-6-3-7-12-19)29-25(31)18-9-4-2-5-10-18/h2-7,9-12,15-17H,8,13-14H2,1H3,(H,29,31). The van der Waals surface area contributed by atoms with Gasteiger partial charge in [0.15, 0.2) is 17.3 Å². The van der Waals surface area contributed by atoms with Gasteiger partial charge in [0.2, 0.25) is 0 Å². The maximum absolute atomic E-state index is 13.0. The van der Waals surface area contributed by atoms with Crippen molar-refractivity contribution in [2.45, 2.75) is 6.42 Å². The molecule has 3 aromatic carbocycles. The van der Waals surface area contributed by atoms with E-state index < -0.39 is 0 Å². The monoisotopic (exact) mass is 462 g/mol. The van der Waals surface area contributed by atoms with E-state index >= 15 is 0 Å². The van der Waals surface area contributed by atoms with Crippen molar-refractivity contribution in [3.05, 3.63) is 84.7 Å². The third-order valence-corrected chi connectivity index (χ3v) is 5.18. The maximum atomic E-state index is 13.0. The Morgan fingerprint density at radius 1 is 1.00 bits per heavy atom.